The Hall–Kier alpha value is -2.52. The molecule has 1 aromatic heterocycles. The number of carbonyl (C=O) groups is 2. The third-order valence-corrected chi connectivity index (χ3v) is 3.74. The normalized spacial score (nSPS) is 10.6. The zero-order valence-corrected chi connectivity index (χ0v) is 14.2. The molecule has 0 aliphatic heterocycles. The second kappa shape index (κ2) is 8.94. The van der Waals surface area contributed by atoms with E-state index in [1.165, 1.54) is 6.21 Å². The molecule has 126 valence electrons. The van der Waals surface area contributed by atoms with Crippen LogP contribution in [0.2, 0.25) is 5.02 Å². The number of amides is 2. The number of benzene rings is 1. The Balaban J connectivity index is 1.83. The number of nitrogens with zero attached hydrogens (tertiary/aromatic N) is 3. The minimum atomic E-state index is -0.617. The van der Waals surface area contributed by atoms with Gasteiger partial charge in [0.1, 0.15) is 5.01 Å². The molecule has 2 amide bonds. The maximum atomic E-state index is 11.8. The summed E-state index contributed by atoms with van der Waals surface area (Å²) >= 11 is 7.05. The number of aromatic nitrogens is 2. The quantitative estimate of drug-likeness (QED) is 0.602. The van der Waals surface area contributed by atoms with Crippen molar-refractivity contribution in [2.45, 2.75) is 13.3 Å². The van der Waals surface area contributed by atoms with Crippen molar-refractivity contribution in [1.82, 2.24) is 15.6 Å². The molecule has 0 saturated heterocycles. The molecule has 1 heterocycles. The zero-order chi connectivity index (χ0) is 17.4. The van der Waals surface area contributed by atoms with E-state index in [1.54, 1.807) is 25.1 Å². The van der Waals surface area contributed by atoms with Crippen molar-refractivity contribution in [2.75, 3.05) is 11.9 Å². The highest BCUT2D eigenvalue weighted by atomic mass is 35.5. The SMILES string of the molecule is CCOC(=O)Nc1nnc(CC(=O)N/N=C\c2ccccc2Cl)s1. The van der Waals surface area contributed by atoms with Gasteiger partial charge in [0.05, 0.1) is 19.2 Å². The summed E-state index contributed by atoms with van der Waals surface area (Å²) in [6, 6.07) is 7.12. The smallest absolute Gasteiger partial charge is 0.413 e. The van der Waals surface area contributed by atoms with Gasteiger partial charge in [0.2, 0.25) is 11.0 Å². The number of rotatable bonds is 6. The van der Waals surface area contributed by atoms with E-state index in [2.05, 4.69) is 26.0 Å². The minimum Gasteiger partial charge on any atom is -0.450 e. The lowest BCUT2D eigenvalue weighted by atomic mass is 10.2. The average molecular weight is 368 g/mol. The van der Waals surface area contributed by atoms with Crippen molar-refractivity contribution >= 4 is 46.3 Å². The van der Waals surface area contributed by atoms with Crippen LogP contribution in [0.1, 0.15) is 17.5 Å². The molecule has 2 rings (SSSR count). The first-order valence-corrected chi connectivity index (χ1v) is 8.10. The van der Waals surface area contributed by atoms with Gasteiger partial charge in [-0.2, -0.15) is 5.10 Å². The molecule has 8 nitrogen and oxygen atoms in total. The number of carbonyl (C=O) groups excluding carboxylic acids is 2. The Morgan fingerprint density at radius 1 is 1.38 bits per heavy atom. The fourth-order valence-electron chi connectivity index (χ4n) is 1.56. The molecule has 0 unspecified atom stereocenters. The van der Waals surface area contributed by atoms with Gasteiger partial charge in [0.25, 0.3) is 0 Å². The average Bonchev–Trinajstić information content (AvgIpc) is 2.96. The molecule has 24 heavy (non-hydrogen) atoms. The maximum absolute atomic E-state index is 11.8. The summed E-state index contributed by atoms with van der Waals surface area (Å²) in [5.74, 6) is -0.364. The van der Waals surface area contributed by atoms with E-state index in [1.807, 2.05) is 6.07 Å². The third-order valence-electron chi connectivity index (χ3n) is 2.56. The predicted octanol–water partition coefficient (Wildman–Crippen LogP) is 2.45. The molecule has 10 heteroatoms. The van der Waals surface area contributed by atoms with Crippen LogP contribution in [-0.2, 0) is 16.0 Å². The molecule has 0 fully saturated rings. The summed E-state index contributed by atoms with van der Waals surface area (Å²) in [5.41, 5.74) is 3.07. The first-order chi connectivity index (χ1) is 11.6. The van der Waals surface area contributed by atoms with E-state index >= 15 is 0 Å². The van der Waals surface area contributed by atoms with Gasteiger partial charge in [-0.3, -0.25) is 10.1 Å². The second-order valence-corrected chi connectivity index (χ2v) is 5.81. The molecule has 0 aliphatic rings. The van der Waals surface area contributed by atoms with Crippen LogP contribution in [0.3, 0.4) is 0 Å². The number of hydrogen-bond donors (Lipinski definition) is 2. The largest absolute Gasteiger partial charge is 0.450 e. The zero-order valence-electron chi connectivity index (χ0n) is 12.7. The number of hydrogen-bond acceptors (Lipinski definition) is 7. The summed E-state index contributed by atoms with van der Waals surface area (Å²) in [4.78, 5) is 23.0. The lowest BCUT2D eigenvalue weighted by Gasteiger charge is -1.99. The van der Waals surface area contributed by atoms with E-state index in [9.17, 15) is 9.59 Å². The van der Waals surface area contributed by atoms with Gasteiger partial charge in [-0.1, -0.05) is 41.1 Å². The van der Waals surface area contributed by atoms with E-state index < -0.39 is 6.09 Å². The van der Waals surface area contributed by atoms with E-state index in [-0.39, 0.29) is 24.1 Å². The lowest BCUT2D eigenvalue weighted by Crippen LogP contribution is -2.19. The van der Waals surface area contributed by atoms with Crippen molar-refractivity contribution in [3.63, 3.8) is 0 Å². The van der Waals surface area contributed by atoms with E-state index in [0.29, 0.717) is 15.6 Å². The highest BCUT2D eigenvalue weighted by Crippen LogP contribution is 2.16. The summed E-state index contributed by atoms with van der Waals surface area (Å²) in [6.07, 6.45) is 0.824. The van der Waals surface area contributed by atoms with Crippen LogP contribution in [-0.4, -0.2) is 35.0 Å². The van der Waals surface area contributed by atoms with Gasteiger partial charge in [0, 0.05) is 10.6 Å². The number of nitrogens with one attached hydrogen (secondary N) is 2. The van der Waals surface area contributed by atoms with E-state index in [4.69, 9.17) is 16.3 Å². The Labute approximate surface area is 146 Å². The number of hydrazone groups is 1. The van der Waals surface area contributed by atoms with Gasteiger partial charge >= 0.3 is 6.09 Å². The molecule has 0 atom stereocenters. The van der Waals surface area contributed by atoms with Gasteiger partial charge in [-0.25, -0.2) is 10.2 Å². The van der Waals surface area contributed by atoms with Gasteiger partial charge in [-0.05, 0) is 13.0 Å². The van der Waals surface area contributed by atoms with Crippen molar-refractivity contribution in [3.05, 3.63) is 39.9 Å². The summed E-state index contributed by atoms with van der Waals surface area (Å²) in [6.45, 7) is 1.95. The fourth-order valence-corrected chi connectivity index (χ4v) is 2.47. The van der Waals surface area contributed by atoms with Gasteiger partial charge < -0.3 is 4.74 Å². The molecule has 1 aromatic carbocycles. The molecule has 0 aliphatic carbocycles. The highest BCUT2D eigenvalue weighted by molar-refractivity contribution is 7.15. The van der Waals surface area contributed by atoms with Gasteiger partial charge in [-0.15, -0.1) is 10.2 Å². The van der Waals surface area contributed by atoms with Crippen LogP contribution < -0.4 is 10.7 Å². The monoisotopic (exact) mass is 367 g/mol. The molecule has 0 saturated carbocycles. The number of ether oxygens (including phenoxy) is 1. The lowest BCUT2D eigenvalue weighted by molar-refractivity contribution is -0.120. The topological polar surface area (TPSA) is 106 Å². The molecule has 2 aromatic rings. The maximum Gasteiger partial charge on any atom is 0.413 e. The van der Waals surface area contributed by atoms with Crippen molar-refractivity contribution in [3.8, 4) is 0 Å². The Morgan fingerprint density at radius 3 is 2.92 bits per heavy atom. The summed E-state index contributed by atoms with van der Waals surface area (Å²) in [7, 11) is 0. The summed E-state index contributed by atoms with van der Waals surface area (Å²) in [5, 5.41) is 15.1. The van der Waals surface area contributed by atoms with Crippen molar-refractivity contribution in [1.29, 1.82) is 0 Å². The second-order valence-electron chi connectivity index (χ2n) is 4.34. The highest BCUT2D eigenvalue weighted by Gasteiger charge is 2.11. The van der Waals surface area contributed by atoms with Crippen LogP contribution in [0.5, 0.6) is 0 Å². The number of anilines is 1. The summed E-state index contributed by atoms with van der Waals surface area (Å²) < 4.78 is 4.72. The van der Waals surface area contributed by atoms with Crippen LogP contribution in [0.25, 0.3) is 0 Å². The Bertz CT molecular complexity index is 750. The third kappa shape index (κ3) is 5.60. The number of halogens is 1. The van der Waals surface area contributed by atoms with Crippen molar-refractivity contribution < 1.29 is 14.3 Å². The molecule has 0 bridgehead atoms. The molecule has 2 N–H and O–H groups in total. The van der Waals surface area contributed by atoms with E-state index in [0.717, 1.165) is 11.3 Å². The first-order valence-electron chi connectivity index (χ1n) is 6.91. The molecule has 0 spiro atoms. The van der Waals surface area contributed by atoms with Crippen LogP contribution in [0.15, 0.2) is 29.4 Å². The predicted molar refractivity (Wildman–Crippen MR) is 91.4 cm³/mol. The Kier molecular flexibility index (Phi) is 6.64. The standard InChI is InChI=1S/C14H14ClN5O3S/c1-2-23-14(22)17-13-20-19-12(24-13)7-11(21)18-16-8-9-5-3-4-6-10(9)15/h3-6,8H,2,7H2,1H3,(H,18,21)(H,17,20,22)/b16-8-. The molecule has 0 radical (unpaired) electrons. The van der Waals surface area contributed by atoms with Crippen LogP contribution in [0, 0.1) is 0 Å². The fraction of sp³-hybridized carbons (Fsp3) is 0.214. The minimum absolute atomic E-state index is 0.0119. The Morgan fingerprint density at radius 2 is 2.17 bits per heavy atom. The molecular weight excluding hydrogens is 354 g/mol. The van der Waals surface area contributed by atoms with Gasteiger partial charge in [0.15, 0.2) is 0 Å². The van der Waals surface area contributed by atoms with Crippen LogP contribution in [0.4, 0.5) is 9.93 Å². The van der Waals surface area contributed by atoms with Crippen LogP contribution >= 0.6 is 22.9 Å². The van der Waals surface area contributed by atoms with Crippen molar-refractivity contribution in [2.24, 2.45) is 5.10 Å². The first kappa shape index (κ1) is 17.8. The molecular formula is C14H14ClN5O3S.